The molecule has 2 aliphatic rings. The van der Waals surface area contributed by atoms with Crippen LogP contribution in [-0.2, 0) is 11.2 Å². The second-order valence-corrected chi connectivity index (χ2v) is 6.96. The number of nitrogens with zero attached hydrogens (tertiary/aromatic N) is 1. The first kappa shape index (κ1) is 16.3. The average molecular weight is 317 g/mol. The Morgan fingerprint density at radius 3 is 2.91 bits per heavy atom. The Kier molecular flexibility index (Phi) is 4.87. The van der Waals surface area contributed by atoms with E-state index in [9.17, 15) is 4.79 Å². The van der Waals surface area contributed by atoms with Crippen LogP contribution < -0.4 is 10.6 Å². The average Bonchev–Trinajstić information content (AvgIpc) is 2.60. The number of hydrogen-bond acceptors (Lipinski definition) is 4. The largest absolute Gasteiger partial charge is 0.385 e. The van der Waals surface area contributed by atoms with Crippen molar-refractivity contribution in [1.29, 1.82) is 0 Å². The molecule has 0 radical (unpaired) electrons. The van der Waals surface area contributed by atoms with Crippen molar-refractivity contribution < 1.29 is 9.53 Å². The van der Waals surface area contributed by atoms with E-state index in [-0.39, 0.29) is 11.4 Å². The number of carbonyl (C=O) groups excluding carboxylic acids is 1. The van der Waals surface area contributed by atoms with Gasteiger partial charge < -0.3 is 15.4 Å². The minimum Gasteiger partial charge on any atom is -0.385 e. The molecule has 0 saturated carbocycles. The summed E-state index contributed by atoms with van der Waals surface area (Å²) in [5.74, 6) is 0.0342. The van der Waals surface area contributed by atoms with Crippen molar-refractivity contribution in [2.24, 2.45) is 0 Å². The van der Waals surface area contributed by atoms with Gasteiger partial charge in [-0.15, -0.1) is 0 Å². The van der Waals surface area contributed by atoms with Gasteiger partial charge in [-0.3, -0.25) is 9.69 Å². The molecule has 3 rings (SSSR count). The summed E-state index contributed by atoms with van der Waals surface area (Å²) in [5.41, 5.74) is 3.01. The van der Waals surface area contributed by atoms with Crippen LogP contribution in [0.5, 0.6) is 0 Å². The molecule has 1 aromatic rings. The molecule has 2 N–H and O–H groups in total. The lowest BCUT2D eigenvalue weighted by Gasteiger charge is -2.40. The van der Waals surface area contributed by atoms with E-state index in [1.54, 1.807) is 0 Å². The van der Waals surface area contributed by atoms with Crippen LogP contribution in [0, 0.1) is 0 Å². The minimum atomic E-state index is -0.0630. The Morgan fingerprint density at radius 1 is 1.35 bits per heavy atom. The summed E-state index contributed by atoms with van der Waals surface area (Å²) in [6.07, 6.45) is 2.05. The summed E-state index contributed by atoms with van der Waals surface area (Å²) in [6.45, 7) is 9.39. The maximum absolute atomic E-state index is 12.7. The van der Waals surface area contributed by atoms with Gasteiger partial charge in [0.25, 0.3) is 5.91 Å². The zero-order valence-corrected chi connectivity index (χ0v) is 14.2. The van der Waals surface area contributed by atoms with Crippen LogP contribution in [0.4, 0.5) is 5.69 Å². The Balaban J connectivity index is 1.65. The van der Waals surface area contributed by atoms with E-state index >= 15 is 0 Å². The van der Waals surface area contributed by atoms with Gasteiger partial charge in [-0.25, -0.2) is 0 Å². The van der Waals surface area contributed by atoms with Crippen molar-refractivity contribution >= 4 is 11.6 Å². The maximum atomic E-state index is 12.7. The fourth-order valence-corrected chi connectivity index (χ4v) is 3.40. The van der Waals surface area contributed by atoms with Gasteiger partial charge in [-0.1, -0.05) is 6.07 Å². The SMILES string of the molecule is CC(C)(CNC(=O)c1cccc2c1CCCN2)N1CCOCC1. The topological polar surface area (TPSA) is 53.6 Å². The van der Waals surface area contributed by atoms with E-state index in [0.29, 0.717) is 6.54 Å². The molecule has 0 unspecified atom stereocenters. The van der Waals surface area contributed by atoms with Gasteiger partial charge in [0.05, 0.1) is 13.2 Å². The van der Waals surface area contributed by atoms with Gasteiger partial charge in [0, 0.05) is 43.0 Å². The number of morpholine rings is 1. The Hall–Kier alpha value is -1.59. The second-order valence-electron chi connectivity index (χ2n) is 6.96. The zero-order valence-electron chi connectivity index (χ0n) is 14.2. The van der Waals surface area contributed by atoms with Crippen molar-refractivity contribution in [2.75, 3.05) is 44.7 Å². The molecule has 5 heteroatoms. The quantitative estimate of drug-likeness (QED) is 0.890. The zero-order chi connectivity index (χ0) is 16.3. The molecule has 0 atom stereocenters. The summed E-state index contributed by atoms with van der Waals surface area (Å²) >= 11 is 0. The number of nitrogens with one attached hydrogen (secondary N) is 2. The molecular formula is C18H27N3O2. The molecule has 1 aromatic carbocycles. The van der Waals surface area contributed by atoms with Gasteiger partial charge in [-0.2, -0.15) is 0 Å². The van der Waals surface area contributed by atoms with E-state index in [1.807, 2.05) is 12.1 Å². The number of anilines is 1. The van der Waals surface area contributed by atoms with Gasteiger partial charge in [0.2, 0.25) is 0 Å². The molecule has 126 valence electrons. The normalized spacial score (nSPS) is 18.9. The number of benzene rings is 1. The maximum Gasteiger partial charge on any atom is 0.251 e. The highest BCUT2D eigenvalue weighted by Crippen LogP contribution is 2.25. The standard InChI is InChI=1S/C18H27N3O2/c1-18(2,21-9-11-23-12-10-21)13-20-17(22)15-5-3-7-16-14(15)6-4-8-19-16/h3,5,7,19H,4,6,8-13H2,1-2H3,(H,20,22). The predicted octanol–water partition coefficient (Wildman–Crippen LogP) is 1.89. The van der Waals surface area contributed by atoms with E-state index in [2.05, 4.69) is 35.4 Å². The van der Waals surface area contributed by atoms with Crippen LogP contribution >= 0.6 is 0 Å². The van der Waals surface area contributed by atoms with Crippen molar-refractivity contribution in [2.45, 2.75) is 32.2 Å². The van der Waals surface area contributed by atoms with E-state index < -0.39 is 0 Å². The van der Waals surface area contributed by atoms with Crippen molar-refractivity contribution in [3.05, 3.63) is 29.3 Å². The molecule has 1 fully saturated rings. The number of carbonyl (C=O) groups is 1. The number of hydrogen-bond donors (Lipinski definition) is 2. The molecule has 5 nitrogen and oxygen atoms in total. The van der Waals surface area contributed by atoms with Gasteiger partial charge >= 0.3 is 0 Å². The molecule has 1 saturated heterocycles. The first-order valence-electron chi connectivity index (χ1n) is 8.55. The Labute approximate surface area is 138 Å². The monoisotopic (exact) mass is 317 g/mol. The molecule has 2 aliphatic heterocycles. The summed E-state index contributed by atoms with van der Waals surface area (Å²) in [6, 6.07) is 5.95. The summed E-state index contributed by atoms with van der Waals surface area (Å²) in [5, 5.41) is 6.52. The fraction of sp³-hybridized carbons (Fsp3) is 0.611. The van der Waals surface area contributed by atoms with E-state index in [4.69, 9.17) is 4.74 Å². The number of fused-ring (bicyclic) bond motifs is 1. The fourth-order valence-electron chi connectivity index (χ4n) is 3.40. The van der Waals surface area contributed by atoms with E-state index in [0.717, 1.165) is 62.5 Å². The lowest BCUT2D eigenvalue weighted by molar-refractivity contribution is -0.00923. The lowest BCUT2D eigenvalue weighted by Crippen LogP contribution is -2.55. The van der Waals surface area contributed by atoms with Crippen LogP contribution in [0.2, 0.25) is 0 Å². The Bertz CT molecular complexity index is 565. The van der Waals surface area contributed by atoms with E-state index in [1.165, 1.54) is 0 Å². The van der Waals surface area contributed by atoms with Crippen molar-refractivity contribution in [3.63, 3.8) is 0 Å². The van der Waals surface area contributed by atoms with Crippen LogP contribution in [0.25, 0.3) is 0 Å². The molecule has 0 aliphatic carbocycles. The highest BCUT2D eigenvalue weighted by atomic mass is 16.5. The lowest BCUT2D eigenvalue weighted by atomic mass is 9.96. The first-order valence-corrected chi connectivity index (χ1v) is 8.55. The highest BCUT2D eigenvalue weighted by molar-refractivity contribution is 5.97. The predicted molar refractivity (Wildman–Crippen MR) is 92.1 cm³/mol. The van der Waals surface area contributed by atoms with Gasteiger partial charge in [0.1, 0.15) is 0 Å². The number of amides is 1. The van der Waals surface area contributed by atoms with Gasteiger partial charge in [-0.05, 0) is 44.4 Å². The summed E-state index contributed by atoms with van der Waals surface area (Å²) in [4.78, 5) is 15.1. The van der Waals surface area contributed by atoms with Crippen LogP contribution in [0.3, 0.4) is 0 Å². The Morgan fingerprint density at radius 2 is 2.13 bits per heavy atom. The first-order chi connectivity index (χ1) is 11.1. The van der Waals surface area contributed by atoms with Crippen molar-refractivity contribution in [3.8, 4) is 0 Å². The number of ether oxygens (including phenoxy) is 1. The van der Waals surface area contributed by atoms with Crippen molar-refractivity contribution in [1.82, 2.24) is 10.2 Å². The van der Waals surface area contributed by atoms with Gasteiger partial charge in [0.15, 0.2) is 0 Å². The molecule has 0 bridgehead atoms. The third-order valence-electron chi connectivity index (χ3n) is 4.89. The second kappa shape index (κ2) is 6.89. The van der Waals surface area contributed by atoms with Crippen LogP contribution in [0.15, 0.2) is 18.2 Å². The van der Waals surface area contributed by atoms with Crippen LogP contribution in [0.1, 0.15) is 36.2 Å². The summed E-state index contributed by atoms with van der Waals surface area (Å²) < 4.78 is 5.42. The smallest absolute Gasteiger partial charge is 0.251 e. The molecule has 1 amide bonds. The number of rotatable bonds is 4. The molecule has 23 heavy (non-hydrogen) atoms. The molecular weight excluding hydrogens is 290 g/mol. The minimum absolute atomic E-state index is 0.0342. The van der Waals surface area contributed by atoms with Crippen LogP contribution in [-0.4, -0.2) is 55.7 Å². The third kappa shape index (κ3) is 3.67. The molecule has 0 spiro atoms. The third-order valence-corrected chi connectivity index (χ3v) is 4.89. The molecule has 2 heterocycles. The highest BCUT2D eigenvalue weighted by Gasteiger charge is 2.29. The summed E-state index contributed by atoms with van der Waals surface area (Å²) in [7, 11) is 0. The molecule has 0 aromatic heterocycles.